The SMILES string of the molecule is CN1CCC[C@H]1COc1nc2c(c(C3CC4CCC(C3)N4)n1)CCN(c1cccc3ccc(F)c(Cl)c13)C2. The first-order valence-electron chi connectivity index (χ1n) is 14.1. The number of nitrogens with one attached hydrogen (secondary N) is 1. The summed E-state index contributed by atoms with van der Waals surface area (Å²) in [6, 6.07) is 11.4. The molecule has 3 atom stereocenters. The Morgan fingerprint density at radius 1 is 1.08 bits per heavy atom. The van der Waals surface area contributed by atoms with Crippen molar-refractivity contribution in [2.45, 2.75) is 75.5 Å². The van der Waals surface area contributed by atoms with Gasteiger partial charge in [0.15, 0.2) is 0 Å². The van der Waals surface area contributed by atoms with Crippen LogP contribution in [0, 0.1) is 5.82 Å². The minimum absolute atomic E-state index is 0.183. The number of aromatic nitrogens is 2. The number of likely N-dealkylation sites (N-methyl/N-ethyl adjacent to an activating group) is 1. The van der Waals surface area contributed by atoms with Gasteiger partial charge >= 0.3 is 6.01 Å². The summed E-state index contributed by atoms with van der Waals surface area (Å²) >= 11 is 6.49. The number of ether oxygens (including phenoxy) is 1. The molecule has 2 aromatic carbocycles. The van der Waals surface area contributed by atoms with Crippen LogP contribution >= 0.6 is 11.6 Å². The van der Waals surface area contributed by atoms with E-state index in [1.165, 1.54) is 36.6 Å². The molecule has 7 rings (SSSR count). The fraction of sp³-hybridized carbons (Fsp3) is 0.533. The molecule has 0 spiro atoms. The Morgan fingerprint density at radius 3 is 2.71 bits per heavy atom. The lowest BCUT2D eigenvalue weighted by molar-refractivity contribution is 0.186. The highest BCUT2D eigenvalue weighted by Gasteiger charge is 2.37. The molecule has 2 unspecified atom stereocenters. The Balaban J connectivity index is 1.24. The third kappa shape index (κ3) is 4.42. The van der Waals surface area contributed by atoms with Gasteiger partial charge in [-0.3, -0.25) is 0 Å². The molecule has 3 aromatic rings. The van der Waals surface area contributed by atoms with Crippen molar-refractivity contribution >= 4 is 28.1 Å². The molecule has 0 aliphatic carbocycles. The number of nitrogens with zero attached hydrogens (tertiary/aromatic N) is 4. The molecule has 4 aliphatic heterocycles. The average molecular weight is 536 g/mol. The van der Waals surface area contributed by atoms with Crippen LogP contribution < -0.4 is 15.0 Å². The molecular weight excluding hydrogens is 501 g/mol. The Bertz CT molecular complexity index is 1360. The molecule has 1 N–H and O–H groups in total. The standard InChI is InChI=1S/C30H35ClFN5O/c1-36-12-3-5-22(36)17-38-30-34-25-16-37(26-6-2-4-18-7-10-24(32)28(31)27(18)26)13-11-23(25)29(35-30)19-14-20-8-9-21(15-19)33-20/h2,4,6-7,10,19-22,33H,3,5,8-9,11-17H2,1H3/t19?,20?,21?,22-/m0/s1. The fourth-order valence-corrected chi connectivity index (χ4v) is 7.51. The van der Waals surface area contributed by atoms with Crippen LogP contribution in [-0.4, -0.2) is 59.7 Å². The molecule has 1 aromatic heterocycles. The first kappa shape index (κ1) is 24.6. The van der Waals surface area contributed by atoms with Gasteiger partial charge in [-0.15, -0.1) is 0 Å². The number of piperidine rings is 1. The number of fused-ring (bicyclic) bond motifs is 4. The number of benzene rings is 2. The second-order valence-corrected chi connectivity index (χ2v) is 12.0. The van der Waals surface area contributed by atoms with E-state index in [9.17, 15) is 4.39 Å². The smallest absolute Gasteiger partial charge is 0.316 e. The lowest BCUT2D eigenvalue weighted by Crippen LogP contribution is -2.39. The monoisotopic (exact) mass is 535 g/mol. The Hall–Kier alpha value is -2.48. The van der Waals surface area contributed by atoms with Crippen LogP contribution in [0.25, 0.3) is 10.8 Å². The van der Waals surface area contributed by atoms with Crippen molar-refractivity contribution in [2.75, 3.05) is 31.6 Å². The van der Waals surface area contributed by atoms with Crippen molar-refractivity contribution < 1.29 is 9.13 Å². The molecule has 0 saturated carbocycles. The Labute approximate surface area is 228 Å². The number of hydrogen-bond acceptors (Lipinski definition) is 6. The van der Waals surface area contributed by atoms with E-state index in [-0.39, 0.29) is 10.8 Å². The summed E-state index contributed by atoms with van der Waals surface area (Å²) in [5.41, 5.74) is 4.47. The third-order valence-corrected chi connectivity index (χ3v) is 9.64. The zero-order chi connectivity index (χ0) is 25.8. The van der Waals surface area contributed by atoms with Gasteiger partial charge in [-0.05, 0) is 81.6 Å². The minimum Gasteiger partial charge on any atom is -0.462 e. The summed E-state index contributed by atoms with van der Waals surface area (Å²) in [6.07, 6.45) is 8.01. The third-order valence-electron chi connectivity index (χ3n) is 9.27. The predicted molar refractivity (Wildman–Crippen MR) is 149 cm³/mol. The van der Waals surface area contributed by atoms with Gasteiger partial charge in [-0.25, -0.2) is 4.39 Å². The van der Waals surface area contributed by atoms with Crippen molar-refractivity contribution in [3.05, 3.63) is 58.1 Å². The lowest BCUT2D eigenvalue weighted by atomic mass is 9.85. The molecule has 8 heteroatoms. The number of hydrogen-bond donors (Lipinski definition) is 1. The zero-order valence-corrected chi connectivity index (χ0v) is 22.7. The van der Waals surface area contributed by atoms with Gasteiger partial charge < -0.3 is 19.9 Å². The van der Waals surface area contributed by atoms with E-state index in [2.05, 4.69) is 22.2 Å². The van der Waals surface area contributed by atoms with Crippen LogP contribution in [0.2, 0.25) is 5.02 Å². The van der Waals surface area contributed by atoms with Crippen LogP contribution in [0.15, 0.2) is 30.3 Å². The molecule has 38 heavy (non-hydrogen) atoms. The number of halogens is 2. The normalized spacial score (nSPS) is 27.2. The largest absolute Gasteiger partial charge is 0.462 e. The van der Waals surface area contributed by atoms with Gasteiger partial charge in [0, 0.05) is 41.7 Å². The minimum atomic E-state index is -0.387. The maximum absolute atomic E-state index is 14.5. The first-order chi connectivity index (χ1) is 18.5. The maximum Gasteiger partial charge on any atom is 0.316 e. The summed E-state index contributed by atoms with van der Waals surface area (Å²) in [7, 11) is 2.17. The molecule has 0 radical (unpaired) electrons. The molecular formula is C30H35ClFN5O. The van der Waals surface area contributed by atoms with Crippen LogP contribution in [0.1, 0.15) is 61.4 Å². The van der Waals surface area contributed by atoms with E-state index in [1.807, 2.05) is 18.2 Å². The van der Waals surface area contributed by atoms with E-state index in [0.29, 0.717) is 43.2 Å². The summed E-state index contributed by atoms with van der Waals surface area (Å²) in [4.78, 5) is 14.7. The molecule has 0 amide bonds. The zero-order valence-electron chi connectivity index (χ0n) is 21.9. The van der Waals surface area contributed by atoms with Crippen LogP contribution in [-0.2, 0) is 13.0 Å². The van der Waals surface area contributed by atoms with Gasteiger partial charge in [0.05, 0.1) is 23.0 Å². The molecule has 200 valence electrons. The van der Waals surface area contributed by atoms with Crippen molar-refractivity contribution in [2.24, 2.45) is 0 Å². The van der Waals surface area contributed by atoms with Gasteiger partial charge in [0.1, 0.15) is 12.4 Å². The van der Waals surface area contributed by atoms with E-state index in [4.69, 9.17) is 26.3 Å². The van der Waals surface area contributed by atoms with Gasteiger partial charge in [0.25, 0.3) is 0 Å². The van der Waals surface area contributed by atoms with Gasteiger partial charge in [-0.1, -0.05) is 29.8 Å². The predicted octanol–water partition coefficient (Wildman–Crippen LogP) is 5.46. The lowest BCUT2D eigenvalue weighted by Gasteiger charge is -2.35. The van der Waals surface area contributed by atoms with E-state index < -0.39 is 0 Å². The molecule has 2 bridgehead atoms. The molecule has 3 saturated heterocycles. The average Bonchev–Trinajstić information content (AvgIpc) is 3.51. The van der Waals surface area contributed by atoms with E-state index in [0.717, 1.165) is 60.9 Å². The summed E-state index contributed by atoms with van der Waals surface area (Å²) in [6.45, 7) is 3.19. The van der Waals surface area contributed by atoms with Crippen LogP contribution in [0.3, 0.4) is 0 Å². The fourth-order valence-electron chi connectivity index (χ4n) is 7.24. The summed E-state index contributed by atoms with van der Waals surface area (Å²) in [5, 5.41) is 5.67. The van der Waals surface area contributed by atoms with E-state index in [1.54, 1.807) is 6.07 Å². The van der Waals surface area contributed by atoms with Crippen molar-refractivity contribution in [1.82, 2.24) is 20.2 Å². The molecule has 4 aliphatic rings. The number of anilines is 1. The second kappa shape index (κ2) is 9.92. The highest BCUT2D eigenvalue weighted by molar-refractivity contribution is 6.36. The highest BCUT2D eigenvalue weighted by atomic mass is 35.5. The Kier molecular flexibility index (Phi) is 6.41. The number of likely N-dealkylation sites (tertiary alicyclic amines) is 1. The molecule has 5 heterocycles. The molecule has 3 fully saturated rings. The quantitative estimate of drug-likeness (QED) is 0.468. The number of rotatable bonds is 5. The second-order valence-electron chi connectivity index (χ2n) is 11.6. The van der Waals surface area contributed by atoms with E-state index >= 15 is 0 Å². The Morgan fingerprint density at radius 2 is 1.92 bits per heavy atom. The van der Waals surface area contributed by atoms with Crippen molar-refractivity contribution in [3.8, 4) is 6.01 Å². The highest BCUT2D eigenvalue weighted by Crippen LogP contribution is 2.41. The van der Waals surface area contributed by atoms with Crippen LogP contribution in [0.5, 0.6) is 6.01 Å². The van der Waals surface area contributed by atoms with Crippen molar-refractivity contribution in [3.63, 3.8) is 0 Å². The van der Waals surface area contributed by atoms with Crippen molar-refractivity contribution in [1.29, 1.82) is 0 Å². The van der Waals surface area contributed by atoms with Crippen LogP contribution in [0.4, 0.5) is 10.1 Å². The first-order valence-corrected chi connectivity index (χ1v) is 14.5. The van der Waals surface area contributed by atoms with Gasteiger partial charge in [-0.2, -0.15) is 9.97 Å². The maximum atomic E-state index is 14.5. The summed E-state index contributed by atoms with van der Waals surface area (Å²) in [5.74, 6) is 0.0522. The topological polar surface area (TPSA) is 53.5 Å². The van der Waals surface area contributed by atoms with Gasteiger partial charge in [0.2, 0.25) is 0 Å². The molecule has 6 nitrogen and oxygen atoms in total. The summed E-state index contributed by atoms with van der Waals surface area (Å²) < 4.78 is 20.8.